The molecule has 0 amide bonds. The Bertz CT molecular complexity index is 235. The number of aromatic nitrogens is 3. The predicted molar refractivity (Wildman–Crippen MR) is 50.9 cm³/mol. The summed E-state index contributed by atoms with van der Waals surface area (Å²) in [5.41, 5.74) is 6.90. The van der Waals surface area contributed by atoms with E-state index in [2.05, 4.69) is 17.2 Å². The molecule has 1 aromatic rings. The fourth-order valence-corrected chi connectivity index (χ4v) is 1.62. The molecule has 2 N–H and O–H groups in total. The van der Waals surface area contributed by atoms with E-state index in [4.69, 9.17) is 5.73 Å². The van der Waals surface area contributed by atoms with Crippen LogP contribution < -0.4 is 5.73 Å². The number of hydrogen-bond donors (Lipinski definition) is 1. The summed E-state index contributed by atoms with van der Waals surface area (Å²) in [5, 5.41) is 7.60. The van der Waals surface area contributed by atoms with Crippen LogP contribution in [0.15, 0.2) is 6.20 Å². The van der Waals surface area contributed by atoms with Crippen molar-refractivity contribution < 1.29 is 0 Å². The highest BCUT2D eigenvalue weighted by Crippen LogP contribution is 2.13. The Hall–Kier alpha value is -0.550. The Balaban J connectivity index is 2.52. The Morgan fingerprint density at radius 3 is 3.00 bits per heavy atom. The highest BCUT2D eigenvalue weighted by Gasteiger charge is 2.09. The largest absolute Gasteiger partial charge is 0.322 e. The van der Waals surface area contributed by atoms with Gasteiger partial charge in [0.1, 0.15) is 0 Å². The van der Waals surface area contributed by atoms with E-state index in [0.717, 1.165) is 17.2 Å². The second-order valence-electron chi connectivity index (χ2n) is 2.55. The van der Waals surface area contributed by atoms with E-state index in [9.17, 15) is 0 Å². The van der Waals surface area contributed by atoms with Crippen molar-refractivity contribution in [3.05, 3.63) is 11.9 Å². The van der Waals surface area contributed by atoms with Crippen molar-refractivity contribution in [3.8, 4) is 0 Å². The minimum Gasteiger partial charge on any atom is -0.322 e. The van der Waals surface area contributed by atoms with Gasteiger partial charge in [-0.15, -0.1) is 5.10 Å². The first-order valence-electron chi connectivity index (χ1n) is 3.93. The van der Waals surface area contributed by atoms with Crippen LogP contribution in [0.3, 0.4) is 0 Å². The zero-order valence-electron chi connectivity index (χ0n) is 7.40. The van der Waals surface area contributed by atoms with E-state index in [1.165, 1.54) is 0 Å². The van der Waals surface area contributed by atoms with Gasteiger partial charge in [0.15, 0.2) is 0 Å². The van der Waals surface area contributed by atoms with E-state index in [1.54, 1.807) is 10.9 Å². The second kappa shape index (κ2) is 4.47. The highest BCUT2D eigenvalue weighted by atomic mass is 32.2. The third-order valence-corrected chi connectivity index (χ3v) is 2.63. The van der Waals surface area contributed by atoms with Gasteiger partial charge in [-0.05, 0) is 5.75 Å². The molecule has 0 aliphatic carbocycles. The number of aryl methyl sites for hydroxylation is 1. The molecule has 0 bridgehead atoms. The van der Waals surface area contributed by atoms with Gasteiger partial charge >= 0.3 is 0 Å². The van der Waals surface area contributed by atoms with Gasteiger partial charge in [0.05, 0.1) is 17.9 Å². The topological polar surface area (TPSA) is 56.7 Å². The first-order valence-corrected chi connectivity index (χ1v) is 5.09. The van der Waals surface area contributed by atoms with Crippen LogP contribution in [0.1, 0.15) is 18.7 Å². The van der Waals surface area contributed by atoms with Gasteiger partial charge in [-0.1, -0.05) is 12.1 Å². The van der Waals surface area contributed by atoms with Gasteiger partial charge in [0.2, 0.25) is 0 Å². The second-order valence-corrected chi connectivity index (χ2v) is 3.87. The third-order valence-electron chi connectivity index (χ3n) is 1.63. The molecule has 4 nitrogen and oxygen atoms in total. The number of nitrogens with two attached hydrogens (primary N) is 1. The minimum absolute atomic E-state index is 0.0509. The van der Waals surface area contributed by atoms with Gasteiger partial charge in [-0.3, -0.25) is 4.68 Å². The lowest BCUT2D eigenvalue weighted by Gasteiger charge is -2.09. The summed E-state index contributed by atoms with van der Waals surface area (Å²) < 4.78 is 1.72. The molecular weight excluding hydrogens is 172 g/mol. The van der Waals surface area contributed by atoms with Crippen molar-refractivity contribution in [2.75, 3.05) is 11.5 Å². The maximum Gasteiger partial charge on any atom is 0.0759 e. The lowest BCUT2D eigenvalue weighted by atomic mass is 10.3. The van der Waals surface area contributed by atoms with E-state index in [0.29, 0.717) is 0 Å². The number of hydrogen-bond acceptors (Lipinski definition) is 4. The lowest BCUT2D eigenvalue weighted by molar-refractivity contribution is 0.640. The molecule has 0 spiro atoms. The van der Waals surface area contributed by atoms with E-state index in [-0.39, 0.29) is 6.04 Å². The van der Waals surface area contributed by atoms with Crippen LogP contribution in [0.2, 0.25) is 0 Å². The van der Waals surface area contributed by atoms with E-state index in [1.807, 2.05) is 18.8 Å². The summed E-state index contributed by atoms with van der Waals surface area (Å²) in [7, 11) is 1.86. The van der Waals surface area contributed by atoms with Crippen LogP contribution >= 0.6 is 11.8 Å². The zero-order valence-corrected chi connectivity index (χ0v) is 8.21. The molecule has 0 saturated heterocycles. The predicted octanol–water partition coefficient (Wildman–Crippen LogP) is 0.568. The average Bonchev–Trinajstić information content (AvgIpc) is 2.47. The number of nitrogens with zero attached hydrogens (tertiary/aromatic N) is 3. The molecule has 68 valence electrons. The smallest absolute Gasteiger partial charge is 0.0759 e. The van der Waals surface area contributed by atoms with Gasteiger partial charge in [0.25, 0.3) is 0 Å². The first-order chi connectivity index (χ1) is 5.75. The van der Waals surface area contributed by atoms with Gasteiger partial charge in [-0.25, -0.2) is 0 Å². The standard InChI is InChI=1S/C7H14N4S/c1-3-12-5-6(8)7-4-9-10-11(7)2/h4,6H,3,5,8H2,1-2H3. The van der Waals surface area contributed by atoms with Crippen LogP contribution in [0, 0.1) is 0 Å². The lowest BCUT2D eigenvalue weighted by Crippen LogP contribution is -2.16. The minimum atomic E-state index is 0.0509. The summed E-state index contributed by atoms with van der Waals surface area (Å²) in [6.07, 6.45) is 1.72. The van der Waals surface area contributed by atoms with Crippen LogP contribution in [0.5, 0.6) is 0 Å². The quantitative estimate of drug-likeness (QED) is 0.747. The molecule has 1 unspecified atom stereocenters. The first kappa shape index (κ1) is 9.54. The molecule has 5 heteroatoms. The molecule has 0 saturated carbocycles. The van der Waals surface area contributed by atoms with Crippen LogP contribution in [-0.4, -0.2) is 26.5 Å². The molecule has 0 radical (unpaired) electrons. The summed E-state index contributed by atoms with van der Waals surface area (Å²) in [6.45, 7) is 2.12. The van der Waals surface area contributed by atoms with E-state index < -0.39 is 0 Å². The van der Waals surface area contributed by atoms with Crippen molar-refractivity contribution in [1.82, 2.24) is 15.0 Å². The fraction of sp³-hybridized carbons (Fsp3) is 0.714. The Morgan fingerprint density at radius 1 is 1.75 bits per heavy atom. The molecule has 1 aromatic heterocycles. The van der Waals surface area contributed by atoms with Crippen molar-refractivity contribution in [2.45, 2.75) is 13.0 Å². The van der Waals surface area contributed by atoms with Crippen molar-refractivity contribution in [3.63, 3.8) is 0 Å². The molecular formula is C7H14N4S. The van der Waals surface area contributed by atoms with Gasteiger partial charge in [0, 0.05) is 12.8 Å². The Kier molecular flexibility index (Phi) is 3.55. The number of thioether (sulfide) groups is 1. The number of rotatable bonds is 4. The third kappa shape index (κ3) is 2.22. The Labute approximate surface area is 76.5 Å². The van der Waals surface area contributed by atoms with Gasteiger partial charge < -0.3 is 5.73 Å². The fourth-order valence-electron chi connectivity index (χ4n) is 0.964. The van der Waals surface area contributed by atoms with Crippen molar-refractivity contribution in [2.24, 2.45) is 12.8 Å². The summed E-state index contributed by atoms with van der Waals surface area (Å²) in [4.78, 5) is 0. The molecule has 0 aliphatic heterocycles. The maximum atomic E-state index is 5.90. The maximum absolute atomic E-state index is 5.90. The zero-order chi connectivity index (χ0) is 8.97. The molecule has 1 heterocycles. The van der Waals surface area contributed by atoms with Crippen LogP contribution in [-0.2, 0) is 7.05 Å². The SMILES string of the molecule is CCSCC(N)c1cnnn1C. The normalized spacial score (nSPS) is 13.2. The molecule has 0 fully saturated rings. The van der Waals surface area contributed by atoms with Gasteiger partial charge in [-0.2, -0.15) is 11.8 Å². The molecule has 12 heavy (non-hydrogen) atoms. The highest BCUT2D eigenvalue weighted by molar-refractivity contribution is 7.99. The average molecular weight is 186 g/mol. The van der Waals surface area contributed by atoms with Crippen molar-refractivity contribution in [1.29, 1.82) is 0 Å². The summed E-state index contributed by atoms with van der Waals surface area (Å²) in [6, 6.07) is 0.0509. The molecule has 1 rings (SSSR count). The van der Waals surface area contributed by atoms with E-state index >= 15 is 0 Å². The summed E-state index contributed by atoms with van der Waals surface area (Å²) >= 11 is 1.83. The molecule has 0 aliphatic rings. The molecule has 1 atom stereocenters. The Morgan fingerprint density at radius 2 is 2.50 bits per heavy atom. The molecule has 0 aromatic carbocycles. The van der Waals surface area contributed by atoms with Crippen molar-refractivity contribution >= 4 is 11.8 Å². The van der Waals surface area contributed by atoms with Crippen LogP contribution in [0.25, 0.3) is 0 Å². The monoisotopic (exact) mass is 186 g/mol. The summed E-state index contributed by atoms with van der Waals surface area (Å²) in [5.74, 6) is 2.02. The van der Waals surface area contributed by atoms with Crippen LogP contribution in [0.4, 0.5) is 0 Å².